The Morgan fingerprint density at radius 2 is 1.57 bits per heavy atom. The number of amides is 3. The highest BCUT2D eigenvalue weighted by Crippen LogP contribution is 2.40. The predicted molar refractivity (Wildman–Crippen MR) is 140 cm³/mol. The van der Waals surface area contributed by atoms with Crippen molar-refractivity contribution in [2.45, 2.75) is 18.4 Å². The minimum Gasteiger partial charge on any atom is -0.339 e. The molecule has 9 heteroatoms. The standard InChI is InChI=1S/C28H26ClFN4O3/c29-24-9-5-4-8-23(24)26(36)32-16-14-28(15-17-32)27(37)33(19-34(28)22-6-2-1-3-7-22)18-25(35)31-21-12-10-20(30)11-13-21/h1-13H,14-19H2,(H,31,35). The Morgan fingerprint density at radius 3 is 2.24 bits per heavy atom. The van der Waals surface area contributed by atoms with E-state index in [1.165, 1.54) is 29.2 Å². The Balaban J connectivity index is 1.34. The van der Waals surface area contributed by atoms with Crippen LogP contribution in [-0.2, 0) is 9.59 Å². The monoisotopic (exact) mass is 520 g/mol. The van der Waals surface area contributed by atoms with Gasteiger partial charge in [-0.25, -0.2) is 4.39 Å². The molecule has 0 aromatic heterocycles. The van der Waals surface area contributed by atoms with Gasteiger partial charge in [0.05, 0.1) is 17.3 Å². The van der Waals surface area contributed by atoms with Crippen molar-refractivity contribution in [2.24, 2.45) is 0 Å². The lowest BCUT2D eigenvalue weighted by Gasteiger charge is -2.43. The molecule has 3 aromatic rings. The number of likely N-dealkylation sites (tertiary alicyclic amines) is 1. The fraction of sp³-hybridized carbons (Fsp3) is 0.250. The van der Waals surface area contributed by atoms with E-state index in [9.17, 15) is 18.8 Å². The molecule has 2 heterocycles. The third-order valence-electron chi connectivity index (χ3n) is 7.03. The summed E-state index contributed by atoms with van der Waals surface area (Å²) in [5, 5.41) is 3.12. The smallest absolute Gasteiger partial charge is 0.255 e. The molecule has 5 rings (SSSR count). The topological polar surface area (TPSA) is 73.0 Å². The Morgan fingerprint density at radius 1 is 0.919 bits per heavy atom. The fourth-order valence-electron chi connectivity index (χ4n) is 5.11. The summed E-state index contributed by atoms with van der Waals surface area (Å²) in [5.41, 5.74) is 0.911. The van der Waals surface area contributed by atoms with Gasteiger partial charge in [0, 0.05) is 24.5 Å². The van der Waals surface area contributed by atoms with Crippen molar-refractivity contribution in [3.05, 3.63) is 95.3 Å². The molecule has 2 aliphatic heterocycles. The van der Waals surface area contributed by atoms with Gasteiger partial charge < -0.3 is 20.0 Å². The number of piperidine rings is 1. The van der Waals surface area contributed by atoms with Gasteiger partial charge in [0.25, 0.3) is 11.8 Å². The van der Waals surface area contributed by atoms with E-state index in [2.05, 4.69) is 5.32 Å². The van der Waals surface area contributed by atoms with Crippen LogP contribution in [0.4, 0.5) is 15.8 Å². The third kappa shape index (κ3) is 4.89. The van der Waals surface area contributed by atoms with E-state index in [0.717, 1.165) is 5.69 Å². The summed E-state index contributed by atoms with van der Waals surface area (Å²) < 4.78 is 13.2. The molecule has 1 spiro atoms. The van der Waals surface area contributed by atoms with Crippen LogP contribution in [0, 0.1) is 5.82 Å². The van der Waals surface area contributed by atoms with Gasteiger partial charge in [-0.15, -0.1) is 0 Å². The summed E-state index contributed by atoms with van der Waals surface area (Å²) >= 11 is 6.25. The molecular formula is C28H26ClFN4O3. The highest BCUT2D eigenvalue weighted by molar-refractivity contribution is 6.33. The highest BCUT2D eigenvalue weighted by atomic mass is 35.5. The van der Waals surface area contributed by atoms with Crippen LogP contribution in [0.5, 0.6) is 0 Å². The van der Waals surface area contributed by atoms with Gasteiger partial charge in [-0.05, 0) is 61.4 Å². The number of anilines is 2. The first-order valence-electron chi connectivity index (χ1n) is 12.1. The van der Waals surface area contributed by atoms with Crippen LogP contribution in [0.3, 0.4) is 0 Å². The van der Waals surface area contributed by atoms with E-state index in [1.54, 1.807) is 29.2 Å². The van der Waals surface area contributed by atoms with Crippen LogP contribution in [0.15, 0.2) is 78.9 Å². The van der Waals surface area contributed by atoms with E-state index in [1.807, 2.05) is 35.2 Å². The molecule has 7 nitrogen and oxygen atoms in total. The minimum absolute atomic E-state index is 0.135. The van der Waals surface area contributed by atoms with Crippen LogP contribution in [0.2, 0.25) is 5.02 Å². The zero-order valence-electron chi connectivity index (χ0n) is 20.1. The van der Waals surface area contributed by atoms with Crippen molar-refractivity contribution >= 4 is 40.7 Å². The lowest BCUT2D eigenvalue weighted by atomic mass is 9.85. The van der Waals surface area contributed by atoms with Gasteiger partial charge >= 0.3 is 0 Å². The van der Waals surface area contributed by atoms with Crippen LogP contribution in [0.25, 0.3) is 0 Å². The maximum atomic E-state index is 13.8. The minimum atomic E-state index is -0.866. The lowest BCUT2D eigenvalue weighted by Crippen LogP contribution is -2.57. The number of rotatable bonds is 5. The first-order chi connectivity index (χ1) is 17.9. The van der Waals surface area contributed by atoms with E-state index in [-0.39, 0.29) is 30.9 Å². The van der Waals surface area contributed by atoms with Gasteiger partial charge in [-0.1, -0.05) is 41.9 Å². The van der Waals surface area contributed by atoms with Gasteiger partial charge in [-0.2, -0.15) is 0 Å². The van der Waals surface area contributed by atoms with Crippen LogP contribution < -0.4 is 10.2 Å². The summed E-state index contributed by atoms with van der Waals surface area (Å²) in [6.45, 7) is 0.880. The van der Waals surface area contributed by atoms with E-state index < -0.39 is 11.4 Å². The van der Waals surface area contributed by atoms with Crippen molar-refractivity contribution < 1.29 is 18.8 Å². The lowest BCUT2D eigenvalue weighted by molar-refractivity contribution is -0.136. The van der Waals surface area contributed by atoms with Gasteiger partial charge in [-0.3, -0.25) is 14.4 Å². The normalized spacial score (nSPS) is 16.8. The van der Waals surface area contributed by atoms with Crippen molar-refractivity contribution in [3.63, 3.8) is 0 Å². The number of halogens is 2. The Bertz CT molecular complexity index is 1310. The summed E-state index contributed by atoms with van der Waals surface area (Å²) in [6, 6.07) is 22.0. The SMILES string of the molecule is O=C(CN1CN(c2ccccc2)C2(CCN(C(=O)c3ccccc3Cl)CC2)C1=O)Nc1ccc(F)cc1. The first-order valence-corrected chi connectivity index (χ1v) is 12.5. The molecule has 3 amide bonds. The number of para-hydroxylation sites is 1. The zero-order valence-corrected chi connectivity index (χ0v) is 20.8. The summed E-state index contributed by atoms with van der Waals surface area (Å²) in [7, 11) is 0. The van der Waals surface area contributed by atoms with Crippen LogP contribution >= 0.6 is 11.6 Å². The maximum Gasteiger partial charge on any atom is 0.255 e. The number of nitrogens with one attached hydrogen (secondary N) is 1. The molecule has 2 saturated heterocycles. The molecule has 0 atom stereocenters. The molecule has 0 radical (unpaired) electrons. The second kappa shape index (κ2) is 10.2. The van der Waals surface area contributed by atoms with Gasteiger partial charge in [0.15, 0.2) is 0 Å². The maximum absolute atomic E-state index is 13.8. The molecule has 37 heavy (non-hydrogen) atoms. The van der Waals surface area contributed by atoms with Crippen LogP contribution in [-0.4, -0.2) is 59.4 Å². The van der Waals surface area contributed by atoms with E-state index in [0.29, 0.717) is 42.2 Å². The second-order valence-corrected chi connectivity index (χ2v) is 9.67. The molecular weight excluding hydrogens is 495 g/mol. The molecule has 0 bridgehead atoms. The molecule has 2 fully saturated rings. The molecule has 0 unspecified atom stereocenters. The first kappa shape index (κ1) is 24.8. The highest BCUT2D eigenvalue weighted by Gasteiger charge is 2.54. The van der Waals surface area contributed by atoms with Gasteiger partial charge in [0.1, 0.15) is 17.9 Å². The molecule has 3 aromatic carbocycles. The second-order valence-electron chi connectivity index (χ2n) is 9.27. The number of benzene rings is 3. The van der Waals surface area contributed by atoms with Crippen molar-refractivity contribution in [1.82, 2.24) is 9.80 Å². The van der Waals surface area contributed by atoms with E-state index >= 15 is 0 Å². The van der Waals surface area contributed by atoms with E-state index in [4.69, 9.17) is 11.6 Å². The number of hydrogen-bond acceptors (Lipinski definition) is 4. The largest absolute Gasteiger partial charge is 0.339 e. The van der Waals surface area contributed by atoms with Crippen molar-refractivity contribution in [1.29, 1.82) is 0 Å². The summed E-state index contributed by atoms with van der Waals surface area (Å²) in [5.74, 6) is -1.06. The number of carbonyl (C=O) groups excluding carboxylic acids is 3. The Kier molecular flexibility index (Phi) is 6.84. The summed E-state index contributed by atoms with van der Waals surface area (Å²) in [6.07, 6.45) is 0.847. The number of nitrogens with zero attached hydrogens (tertiary/aromatic N) is 3. The van der Waals surface area contributed by atoms with Crippen molar-refractivity contribution in [2.75, 3.05) is 36.5 Å². The quantitative estimate of drug-likeness (QED) is 0.541. The number of hydrogen-bond donors (Lipinski definition) is 1. The van der Waals surface area contributed by atoms with Crippen LogP contribution in [0.1, 0.15) is 23.2 Å². The summed E-state index contributed by atoms with van der Waals surface area (Å²) in [4.78, 5) is 45.0. The molecule has 190 valence electrons. The molecule has 1 N–H and O–H groups in total. The molecule has 0 saturated carbocycles. The average molecular weight is 521 g/mol. The Hall–Kier alpha value is -3.91. The fourth-order valence-corrected chi connectivity index (χ4v) is 5.33. The molecule has 2 aliphatic rings. The van der Waals surface area contributed by atoms with Gasteiger partial charge in [0.2, 0.25) is 5.91 Å². The zero-order chi connectivity index (χ0) is 26.0. The van der Waals surface area contributed by atoms with Crippen molar-refractivity contribution in [3.8, 4) is 0 Å². The Labute approximate surface area is 219 Å². The predicted octanol–water partition coefficient (Wildman–Crippen LogP) is 4.40. The third-order valence-corrected chi connectivity index (χ3v) is 7.36. The molecule has 0 aliphatic carbocycles. The average Bonchev–Trinajstić information content (AvgIpc) is 3.17. The number of carbonyl (C=O) groups is 3.